The van der Waals surface area contributed by atoms with Crippen molar-refractivity contribution < 1.29 is 19.1 Å². The van der Waals surface area contributed by atoms with Crippen molar-refractivity contribution in [2.75, 3.05) is 13.2 Å². The first-order valence-electron chi connectivity index (χ1n) is 9.37. The van der Waals surface area contributed by atoms with Gasteiger partial charge in [-0.3, -0.25) is 18.7 Å². The number of imidazole rings is 2. The SMILES string of the molecule is Cc1cn(-c2nnc(C=O)cc2OCCOc2nc(C=O)nnc2-n2cnc(C)c2)cn1. The summed E-state index contributed by atoms with van der Waals surface area (Å²) < 4.78 is 14.7. The van der Waals surface area contributed by atoms with E-state index >= 15 is 0 Å². The average molecular weight is 435 g/mol. The molecular formula is C19H17N9O4. The maximum Gasteiger partial charge on any atom is 0.262 e. The number of ether oxygens (including phenoxy) is 2. The Hall–Kier alpha value is -4.55. The Labute approximate surface area is 181 Å². The molecular weight excluding hydrogens is 418 g/mol. The highest BCUT2D eigenvalue weighted by Gasteiger charge is 2.15. The number of nitrogens with zero attached hydrogens (tertiary/aromatic N) is 9. The van der Waals surface area contributed by atoms with Gasteiger partial charge < -0.3 is 9.47 Å². The zero-order chi connectivity index (χ0) is 22.5. The van der Waals surface area contributed by atoms with Crippen LogP contribution in [0.2, 0.25) is 0 Å². The molecule has 0 aromatic carbocycles. The van der Waals surface area contributed by atoms with Gasteiger partial charge in [0, 0.05) is 18.5 Å². The Morgan fingerprint density at radius 3 is 2.12 bits per heavy atom. The molecule has 0 saturated heterocycles. The molecule has 0 aliphatic heterocycles. The normalized spacial score (nSPS) is 10.7. The minimum Gasteiger partial charge on any atom is -0.486 e. The van der Waals surface area contributed by atoms with Crippen LogP contribution in [0.4, 0.5) is 0 Å². The molecule has 0 saturated carbocycles. The largest absolute Gasteiger partial charge is 0.486 e. The van der Waals surface area contributed by atoms with Crippen molar-refractivity contribution in [3.8, 4) is 23.3 Å². The Bertz CT molecular complexity index is 1170. The van der Waals surface area contributed by atoms with Crippen LogP contribution >= 0.6 is 0 Å². The maximum absolute atomic E-state index is 11.1. The molecule has 162 valence electrons. The van der Waals surface area contributed by atoms with E-state index in [-0.39, 0.29) is 36.4 Å². The molecule has 13 heteroatoms. The lowest BCUT2D eigenvalue weighted by Crippen LogP contribution is -2.15. The van der Waals surface area contributed by atoms with Gasteiger partial charge in [-0.25, -0.2) is 9.97 Å². The maximum atomic E-state index is 11.1. The van der Waals surface area contributed by atoms with Gasteiger partial charge in [-0.2, -0.15) is 4.98 Å². The Morgan fingerprint density at radius 2 is 1.50 bits per heavy atom. The Kier molecular flexibility index (Phi) is 5.87. The first-order valence-corrected chi connectivity index (χ1v) is 9.37. The Balaban J connectivity index is 1.50. The molecule has 4 heterocycles. The van der Waals surface area contributed by atoms with Gasteiger partial charge in [0.2, 0.25) is 17.5 Å². The van der Waals surface area contributed by atoms with Crippen LogP contribution in [0.5, 0.6) is 11.6 Å². The van der Waals surface area contributed by atoms with E-state index in [9.17, 15) is 9.59 Å². The standard InChI is InChI=1S/C19H17N9O4/c1-12-6-27(10-20-12)17-15(5-14(8-29)23-25-17)31-3-4-32-19-18(26-24-16(9-30)22-19)28-7-13(2)21-11-28/h5-11H,3-4H2,1-2H3. The van der Waals surface area contributed by atoms with Crippen LogP contribution in [-0.2, 0) is 0 Å². The first kappa shape index (κ1) is 20.7. The fourth-order valence-electron chi connectivity index (χ4n) is 2.72. The summed E-state index contributed by atoms with van der Waals surface area (Å²) in [6.07, 6.45) is 7.62. The van der Waals surface area contributed by atoms with Gasteiger partial charge >= 0.3 is 0 Å². The zero-order valence-electron chi connectivity index (χ0n) is 17.1. The molecule has 0 aliphatic carbocycles. The second-order valence-corrected chi connectivity index (χ2v) is 6.53. The Morgan fingerprint density at radius 1 is 0.844 bits per heavy atom. The lowest BCUT2D eigenvalue weighted by atomic mass is 10.3. The van der Waals surface area contributed by atoms with Crippen LogP contribution < -0.4 is 9.47 Å². The topological polar surface area (TPSA) is 153 Å². The molecule has 4 aromatic heterocycles. The molecule has 0 aliphatic rings. The molecule has 0 unspecified atom stereocenters. The highest BCUT2D eigenvalue weighted by Crippen LogP contribution is 2.21. The van der Waals surface area contributed by atoms with Crippen molar-refractivity contribution in [3.63, 3.8) is 0 Å². The van der Waals surface area contributed by atoms with Gasteiger partial charge in [-0.05, 0) is 13.8 Å². The highest BCUT2D eigenvalue weighted by atomic mass is 16.5. The smallest absolute Gasteiger partial charge is 0.262 e. The third-order valence-corrected chi connectivity index (χ3v) is 4.13. The summed E-state index contributed by atoms with van der Waals surface area (Å²) in [4.78, 5) is 34.5. The number of aromatic nitrogens is 9. The van der Waals surface area contributed by atoms with E-state index in [0.29, 0.717) is 24.1 Å². The molecule has 0 amide bonds. The van der Waals surface area contributed by atoms with Crippen molar-refractivity contribution in [3.05, 3.63) is 54.0 Å². The number of hydrogen-bond donors (Lipinski definition) is 0. The van der Waals surface area contributed by atoms with Crippen molar-refractivity contribution in [2.45, 2.75) is 13.8 Å². The third-order valence-electron chi connectivity index (χ3n) is 4.13. The van der Waals surface area contributed by atoms with Crippen LogP contribution in [-0.4, -0.2) is 70.3 Å². The molecule has 0 fully saturated rings. The first-order chi connectivity index (χ1) is 15.6. The number of hydrogen-bond acceptors (Lipinski definition) is 11. The summed E-state index contributed by atoms with van der Waals surface area (Å²) in [5.41, 5.74) is 1.67. The van der Waals surface area contributed by atoms with Crippen LogP contribution in [0.15, 0.2) is 31.1 Å². The third kappa shape index (κ3) is 4.45. The van der Waals surface area contributed by atoms with Gasteiger partial charge in [0.15, 0.2) is 18.3 Å². The van der Waals surface area contributed by atoms with Crippen molar-refractivity contribution in [1.82, 2.24) is 44.5 Å². The van der Waals surface area contributed by atoms with E-state index in [1.165, 1.54) is 12.4 Å². The van der Waals surface area contributed by atoms with E-state index in [4.69, 9.17) is 9.47 Å². The molecule has 0 bridgehead atoms. The summed E-state index contributed by atoms with van der Waals surface area (Å²) in [5.74, 6) is 0.948. The van der Waals surface area contributed by atoms with Crippen molar-refractivity contribution >= 4 is 12.6 Å². The molecule has 0 radical (unpaired) electrons. The summed E-state index contributed by atoms with van der Waals surface area (Å²) in [5, 5.41) is 15.6. The van der Waals surface area contributed by atoms with E-state index in [1.807, 2.05) is 13.8 Å². The minimum absolute atomic E-state index is 0.0544. The predicted octanol–water partition coefficient (Wildman–Crippen LogP) is 0.733. The number of carbonyl (C=O) groups is 2. The molecule has 32 heavy (non-hydrogen) atoms. The number of rotatable bonds is 9. The monoisotopic (exact) mass is 435 g/mol. The van der Waals surface area contributed by atoms with Crippen molar-refractivity contribution in [2.24, 2.45) is 0 Å². The predicted molar refractivity (Wildman–Crippen MR) is 107 cm³/mol. The molecule has 0 spiro atoms. The summed E-state index contributed by atoms with van der Waals surface area (Å²) in [7, 11) is 0. The van der Waals surface area contributed by atoms with Crippen LogP contribution in [0.25, 0.3) is 11.6 Å². The molecule has 13 nitrogen and oxygen atoms in total. The van der Waals surface area contributed by atoms with Gasteiger partial charge in [0.25, 0.3) is 5.88 Å². The van der Waals surface area contributed by atoms with E-state index < -0.39 is 0 Å². The lowest BCUT2D eigenvalue weighted by molar-refractivity contribution is 0.110. The number of carbonyl (C=O) groups excluding carboxylic acids is 2. The summed E-state index contributed by atoms with van der Waals surface area (Å²) >= 11 is 0. The van der Waals surface area contributed by atoms with Gasteiger partial charge in [0.05, 0.1) is 11.4 Å². The summed E-state index contributed by atoms with van der Waals surface area (Å²) in [6, 6.07) is 1.47. The number of aldehydes is 2. The van der Waals surface area contributed by atoms with Crippen LogP contribution in [0, 0.1) is 13.8 Å². The molecule has 0 atom stereocenters. The highest BCUT2D eigenvalue weighted by molar-refractivity contribution is 5.72. The molecule has 0 N–H and O–H groups in total. The van der Waals surface area contributed by atoms with Gasteiger partial charge in [0.1, 0.15) is 31.6 Å². The quantitative estimate of drug-likeness (QED) is 0.270. The van der Waals surface area contributed by atoms with Crippen LogP contribution in [0.3, 0.4) is 0 Å². The fourth-order valence-corrected chi connectivity index (χ4v) is 2.72. The van der Waals surface area contributed by atoms with Gasteiger partial charge in [-0.1, -0.05) is 0 Å². The number of aryl methyl sites for hydroxylation is 2. The molecule has 4 aromatic rings. The van der Waals surface area contributed by atoms with E-state index in [0.717, 1.165) is 11.4 Å². The van der Waals surface area contributed by atoms with Crippen LogP contribution in [0.1, 0.15) is 32.5 Å². The zero-order valence-corrected chi connectivity index (χ0v) is 17.1. The minimum atomic E-state index is -0.117. The second-order valence-electron chi connectivity index (χ2n) is 6.53. The van der Waals surface area contributed by atoms with E-state index in [2.05, 4.69) is 35.3 Å². The fraction of sp³-hybridized carbons (Fsp3) is 0.211. The van der Waals surface area contributed by atoms with Gasteiger partial charge in [-0.15, -0.1) is 20.4 Å². The average Bonchev–Trinajstić information content (AvgIpc) is 3.44. The van der Waals surface area contributed by atoms with Crippen molar-refractivity contribution in [1.29, 1.82) is 0 Å². The second kappa shape index (κ2) is 9.07. The molecule has 4 rings (SSSR count). The van der Waals surface area contributed by atoms with E-state index in [1.54, 1.807) is 27.9 Å². The lowest BCUT2D eigenvalue weighted by Gasteiger charge is -2.12. The summed E-state index contributed by atoms with van der Waals surface area (Å²) in [6.45, 7) is 3.79.